The molecule has 0 fully saturated rings. The molecular weight excluding hydrogens is 196 g/mol. The van der Waals surface area contributed by atoms with Crippen LogP contribution >= 0.6 is 0 Å². The van der Waals surface area contributed by atoms with Crippen molar-refractivity contribution in [3.8, 4) is 0 Å². The minimum absolute atomic E-state index is 0.0602. The van der Waals surface area contributed by atoms with Crippen molar-refractivity contribution in [1.29, 1.82) is 0 Å². The molecule has 4 N–H and O–H groups in total. The molecule has 0 rings (SSSR count). The van der Waals surface area contributed by atoms with Crippen LogP contribution in [-0.2, 0) is 9.59 Å². The average Bonchev–Trinajstić information content (AvgIpc) is 2.13. The molecule has 0 aromatic carbocycles. The number of aliphatic hydroxyl groups is 1. The number of carbonyl (C=O) groups is 2. The third-order valence-electron chi connectivity index (χ3n) is 1.92. The summed E-state index contributed by atoms with van der Waals surface area (Å²) in [6.45, 7) is 1.91. The van der Waals surface area contributed by atoms with E-state index in [1.54, 1.807) is 6.92 Å². The molecule has 88 valence electrons. The van der Waals surface area contributed by atoms with E-state index in [0.29, 0.717) is 19.4 Å². The molecule has 0 saturated heterocycles. The summed E-state index contributed by atoms with van der Waals surface area (Å²) < 4.78 is 0. The molecule has 0 saturated carbocycles. The fourth-order valence-corrected chi connectivity index (χ4v) is 1.11. The summed E-state index contributed by atoms with van der Waals surface area (Å²) in [6, 6.07) is 0. The van der Waals surface area contributed by atoms with Crippen LogP contribution in [0.3, 0.4) is 0 Å². The number of hydrogen-bond donors (Lipinski definition) is 3. The van der Waals surface area contributed by atoms with E-state index in [0.717, 1.165) is 19.3 Å². The Morgan fingerprint density at radius 1 is 1.27 bits per heavy atom. The van der Waals surface area contributed by atoms with Gasteiger partial charge in [-0.05, 0) is 19.8 Å². The van der Waals surface area contributed by atoms with Crippen LogP contribution in [0.25, 0.3) is 0 Å². The highest BCUT2D eigenvalue weighted by Crippen LogP contribution is 2.02. The normalized spacial score (nSPS) is 12.1. The smallest absolute Gasteiger partial charge is 0.220 e. The molecule has 0 aliphatic heterocycles. The van der Waals surface area contributed by atoms with Crippen LogP contribution < -0.4 is 11.1 Å². The number of hydrogen-bond acceptors (Lipinski definition) is 3. The first-order valence-electron chi connectivity index (χ1n) is 5.25. The zero-order chi connectivity index (χ0) is 11.7. The molecule has 0 aliphatic rings. The molecule has 1 unspecified atom stereocenters. The second-order valence-electron chi connectivity index (χ2n) is 3.68. The first-order chi connectivity index (χ1) is 7.02. The van der Waals surface area contributed by atoms with Gasteiger partial charge in [-0.25, -0.2) is 0 Å². The molecule has 15 heavy (non-hydrogen) atoms. The van der Waals surface area contributed by atoms with Gasteiger partial charge >= 0.3 is 0 Å². The topological polar surface area (TPSA) is 92.4 Å². The van der Waals surface area contributed by atoms with Gasteiger partial charge in [0.25, 0.3) is 0 Å². The lowest BCUT2D eigenvalue weighted by atomic mass is 10.1. The third kappa shape index (κ3) is 10.8. The lowest BCUT2D eigenvalue weighted by Gasteiger charge is -2.06. The Labute approximate surface area is 90.0 Å². The molecule has 5 nitrogen and oxygen atoms in total. The highest BCUT2D eigenvalue weighted by molar-refractivity contribution is 5.75. The van der Waals surface area contributed by atoms with Crippen molar-refractivity contribution in [2.24, 2.45) is 5.73 Å². The Hall–Kier alpha value is -1.10. The van der Waals surface area contributed by atoms with Gasteiger partial charge in [0, 0.05) is 19.4 Å². The van der Waals surface area contributed by atoms with Gasteiger partial charge in [0.15, 0.2) is 0 Å². The van der Waals surface area contributed by atoms with Crippen LogP contribution in [0.4, 0.5) is 0 Å². The molecule has 0 aromatic rings. The Kier molecular flexibility index (Phi) is 7.62. The van der Waals surface area contributed by atoms with Crippen molar-refractivity contribution >= 4 is 11.8 Å². The molecular formula is C10H20N2O3. The van der Waals surface area contributed by atoms with E-state index < -0.39 is 6.10 Å². The van der Waals surface area contributed by atoms with Gasteiger partial charge in [0.2, 0.25) is 11.8 Å². The van der Waals surface area contributed by atoms with Gasteiger partial charge < -0.3 is 16.2 Å². The summed E-state index contributed by atoms with van der Waals surface area (Å²) >= 11 is 0. The summed E-state index contributed by atoms with van der Waals surface area (Å²) in [4.78, 5) is 21.5. The van der Waals surface area contributed by atoms with E-state index in [2.05, 4.69) is 5.32 Å². The Morgan fingerprint density at radius 2 is 1.87 bits per heavy atom. The van der Waals surface area contributed by atoms with Crippen LogP contribution in [0.2, 0.25) is 0 Å². The minimum atomic E-state index is -0.510. The number of carbonyl (C=O) groups excluding carboxylic acids is 2. The zero-order valence-corrected chi connectivity index (χ0v) is 9.16. The quantitative estimate of drug-likeness (QED) is 0.495. The number of unbranched alkanes of at least 4 members (excludes halogenated alkanes) is 2. The highest BCUT2D eigenvalue weighted by Gasteiger charge is 2.02. The van der Waals surface area contributed by atoms with Crippen molar-refractivity contribution in [3.05, 3.63) is 0 Å². The molecule has 5 heteroatoms. The SMILES string of the molecule is CC(O)CNC(=O)CCCCCC(N)=O. The maximum Gasteiger partial charge on any atom is 0.220 e. The molecule has 0 spiro atoms. The van der Waals surface area contributed by atoms with E-state index in [4.69, 9.17) is 10.8 Å². The van der Waals surface area contributed by atoms with Gasteiger partial charge in [-0.3, -0.25) is 9.59 Å². The Balaban J connectivity index is 3.28. The van der Waals surface area contributed by atoms with Crippen LogP contribution in [0.15, 0.2) is 0 Å². The van der Waals surface area contributed by atoms with Crippen molar-refractivity contribution in [3.63, 3.8) is 0 Å². The van der Waals surface area contributed by atoms with Crippen LogP contribution in [-0.4, -0.2) is 29.6 Å². The van der Waals surface area contributed by atoms with Crippen LogP contribution in [0.1, 0.15) is 39.0 Å². The lowest BCUT2D eigenvalue weighted by molar-refractivity contribution is -0.121. The van der Waals surface area contributed by atoms with E-state index in [1.165, 1.54) is 0 Å². The van der Waals surface area contributed by atoms with Crippen molar-refractivity contribution in [2.45, 2.75) is 45.1 Å². The van der Waals surface area contributed by atoms with Gasteiger partial charge in [-0.1, -0.05) is 6.42 Å². The first kappa shape index (κ1) is 13.9. The molecule has 1 atom stereocenters. The Bertz CT molecular complexity index is 205. The van der Waals surface area contributed by atoms with Crippen molar-refractivity contribution in [2.75, 3.05) is 6.54 Å². The van der Waals surface area contributed by atoms with Gasteiger partial charge in [-0.2, -0.15) is 0 Å². The summed E-state index contributed by atoms with van der Waals surface area (Å²) in [5.74, 6) is -0.358. The number of aliphatic hydroxyl groups excluding tert-OH is 1. The number of primary amides is 1. The largest absolute Gasteiger partial charge is 0.392 e. The van der Waals surface area contributed by atoms with Gasteiger partial charge in [0.05, 0.1) is 6.10 Å². The molecule has 0 aliphatic carbocycles. The van der Waals surface area contributed by atoms with Crippen molar-refractivity contribution < 1.29 is 14.7 Å². The maximum atomic E-state index is 11.1. The van der Waals surface area contributed by atoms with Crippen LogP contribution in [0, 0.1) is 0 Å². The summed E-state index contributed by atoms with van der Waals surface area (Å²) in [5, 5.41) is 11.5. The summed E-state index contributed by atoms with van der Waals surface area (Å²) in [7, 11) is 0. The third-order valence-corrected chi connectivity index (χ3v) is 1.92. The van der Waals surface area contributed by atoms with E-state index >= 15 is 0 Å². The fraction of sp³-hybridized carbons (Fsp3) is 0.800. The lowest BCUT2D eigenvalue weighted by Crippen LogP contribution is -2.30. The predicted molar refractivity (Wildman–Crippen MR) is 57.0 cm³/mol. The number of nitrogens with one attached hydrogen (secondary N) is 1. The van der Waals surface area contributed by atoms with Gasteiger partial charge in [-0.15, -0.1) is 0 Å². The highest BCUT2D eigenvalue weighted by atomic mass is 16.3. The summed E-state index contributed by atoms with van der Waals surface area (Å²) in [6.07, 6.45) is 2.62. The number of amides is 2. The number of nitrogens with two attached hydrogens (primary N) is 1. The minimum Gasteiger partial charge on any atom is -0.392 e. The number of rotatable bonds is 8. The average molecular weight is 216 g/mol. The van der Waals surface area contributed by atoms with E-state index in [1.807, 2.05) is 0 Å². The monoisotopic (exact) mass is 216 g/mol. The molecule has 0 radical (unpaired) electrons. The fourth-order valence-electron chi connectivity index (χ4n) is 1.11. The van der Waals surface area contributed by atoms with E-state index in [9.17, 15) is 9.59 Å². The van der Waals surface area contributed by atoms with Crippen molar-refractivity contribution in [1.82, 2.24) is 5.32 Å². The Morgan fingerprint density at radius 3 is 2.40 bits per heavy atom. The molecule has 0 heterocycles. The molecule has 2 amide bonds. The summed E-state index contributed by atoms with van der Waals surface area (Å²) in [5.41, 5.74) is 4.97. The van der Waals surface area contributed by atoms with E-state index in [-0.39, 0.29) is 11.8 Å². The standard InChI is InChI=1S/C10H20N2O3/c1-8(13)7-12-10(15)6-4-2-3-5-9(11)14/h8,13H,2-7H2,1H3,(H2,11,14)(H,12,15). The predicted octanol–water partition coefficient (Wildman–Crippen LogP) is -0.0808. The van der Waals surface area contributed by atoms with Crippen LogP contribution in [0.5, 0.6) is 0 Å². The second kappa shape index (κ2) is 8.23. The maximum absolute atomic E-state index is 11.1. The first-order valence-corrected chi connectivity index (χ1v) is 5.25. The molecule has 0 aromatic heterocycles. The molecule has 0 bridgehead atoms. The van der Waals surface area contributed by atoms with Gasteiger partial charge in [0.1, 0.15) is 0 Å². The second-order valence-corrected chi connectivity index (χ2v) is 3.68. The zero-order valence-electron chi connectivity index (χ0n) is 9.16.